The Morgan fingerprint density at radius 2 is 1.87 bits per heavy atom. The molecule has 15 heavy (non-hydrogen) atoms. The van der Waals surface area contributed by atoms with Crippen molar-refractivity contribution < 1.29 is 9.53 Å². The van der Waals surface area contributed by atoms with Gasteiger partial charge in [-0.1, -0.05) is 6.92 Å². The molecule has 4 heteroatoms. The van der Waals surface area contributed by atoms with Gasteiger partial charge in [0.05, 0.1) is 5.60 Å². The minimum absolute atomic E-state index is 0.0526. The maximum absolute atomic E-state index is 11.3. The highest BCUT2D eigenvalue weighted by molar-refractivity contribution is 5.77. The largest absolute Gasteiger partial charge is 0.366 e. The van der Waals surface area contributed by atoms with Crippen molar-refractivity contribution in [3.8, 4) is 0 Å². The maximum Gasteiger partial charge on any atom is 0.246 e. The standard InChI is InChI=1S/C11H24N2O2/c1-5-6-12-7-8-13-10(14)9-15-11(2,3)4/h12H,5-9H2,1-4H3,(H,13,14). The predicted octanol–water partition coefficient (Wildman–Crippen LogP) is 0.917. The average molecular weight is 216 g/mol. The van der Waals surface area contributed by atoms with Crippen LogP contribution in [0.5, 0.6) is 0 Å². The van der Waals surface area contributed by atoms with Gasteiger partial charge in [0.15, 0.2) is 0 Å². The van der Waals surface area contributed by atoms with E-state index in [1.165, 1.54) is 0 Å². The van der Waals surface area contributed by atoms with Gasteiger partial charge < -0.3 is 15.4 Å². The van der Waals surface area contributed by atoms with Crippen molar-refractivity contribution in [3.05, 3.63) is 0 Å². The molecule has 0 aliphatic heterocycles. The SMILES string of the molecule is CCCNCCNC(=O)COC(C)(C)C. The lowest BCUT2D eigenvalue weighted by atomic mass is 10.2. The summed E-state index contributed by atoms with van der Waals surface area (Å²) in [6.07, 6.45) is 1.11. The van der Waals surface area contributed by atoms with E-state index < -0.39 is 0 Å². The van der Waals surface area contributed by atoms with E-state index in [2.05, 4.69) is 17.6 Å². The molecule has 90 valence electrons. The first-order valence-corrected chi connectivity index (χ1v) is 5.57. The van der Waals surface area contributed by atoms with Gasteiger partial charge in [0.25, 0.3) is 0 Å². The van der Waals surface area contributed by atoms with E-state index in [1.54, 1.807) is 0 Å². The van der Waals surface area contributed by atoms with Crippen LogP contribution in [0, 0.1) is 0 Å². The van der Waals surface area contributed by atoms with Gasteiger partial charge in [-0.3, -0.25) is 4.79 Å². The molecular formula is C11H24N2O2. The molecule has 0 aliphatic carbocycles. The zero-order valence-electron chi connectivity index (χ0n) is 10.4. The van der Waals surface area contributed by atoms with Crippen molar-refractivity contribution in [3.63, 3.8) is 0 Å². The quantitative estimate of drug-likeness (QED) is 0.622. The molecule has 0 aliphatic rings. The number of nitrogens with one attached hydrogen (secondary N) is 2. The first-order valence-electron chi connectivity index (χ1n) is 5.57. The predicted molar refractivity (Wildman–Crippen MR) is 61.9 cm³/mol. The summed E-state index contributed by atoms with van der Waals surface area (Å²) in [6, 6.07) is 0. The molecule has 0 saturated carbocycles. The normalized spacial score (nSPS) is 11.5. The molecule has 2 N–H and O–H groups in total. The lowest BCUT2D eigenvalue weighted by Gasteiger charge is -2.18. The van der Waals surface area contributed by atoms with Crippen molar-refractivity contribution in [2.24, 2.45) is 0 Å². The molecule has 0 radical (unpaired) electrons. The van der Waals surface area contributed by atoms with Crippen molar-refractivity contribution in [2.75, 3.05) is 26.2 Å². The van der Waals surface area contributed by atoms with Gasteiger partial charge in [0.2, 0.25) is 5.91 Å². The van der Waals surface area contributed by atoms with Crippen molar-refractivity contribution in [2.45, 2.75) is 39.7 Å². The molecule has 0 bridgehead atoms. The van der Waals surface area contributed by atoms with Crippen LogP contribution in [0.4, 0.5) is 0 Å². The average Bonchev–Trinajstić information content (AvgIpc) is 2.13. The number of carbonyl (C=O) groups excluding carboxylic acids is 1. The summed E-state index contributed by atoms with van der Waals surface area (Å²) in [6.45, 7) is 10.5. The highest BCUT2D eigenvalue weighted by Crippen LogP contribution is 2.05. The van der Waals surface area contributed by atoms with Crippen LogP contribution in [-0.4, -0.2) is 37.7 Å². The summed E-state index contributed by atoms with van der Waals surface area (Å²) in [4.78, 5) is 11.3. The smallest absolute Gasteiger partial charge is 0.246 e. The Kier molecular flexibility index (Phi) is 7.34. The van der Waals surface area contributed by atoms with E-state index in [4.69, 9.17) is 4.74 Å². The fourth-order valence-electron chi connectivity index (χ4n) is 0.925. The van der Waals surface area contributed by atoms with Gasteiger partial charge in [-0.2, -0.15) is 0 Å². The fourth-order valence-corrected chi connectivity index (χ4v) is 0.925. The maximum atomic E-state index is 11.3. The number of ether oxygens (including phenoxy) is 1. The topological polar surface area (TPSA) is 50.4 Å². The lowest BCUT2D eigenvalue weighted by molar-refractivity contribution is -0.130. The van der Waals surface area contributed by atoms with Crippen LogP contribution in [0.2, 0.25) is 0 Å². The van der Waals surface area contributed by atoms with E-state index in [9.17, 15) is 4.79 Å². The molecule has 4 nitrogen and oxygen atoms in total. The molecule has 0 fully saturated rings. The number of hydrogen-bond acceptors (Lipinski definition) is 3. The Morgan fingerprint density at radius 3 is 2.40 bits per heavy atom. The van der Waals surface area contributed by atoms with Gasteiger partial charge in [-0.15, -0.1) is 0 Å². The zero-order chi connectivity index (χ0) is 11.7. The summed E-state index contributed by atoms with van der Waals surface area (Å²) in [5.41, 5.74) is -0.252. The number of hydrogen-bond donors (Lipinski definition) is 2. The summed E-state index contributed by atoms with van der Waals surface area (Å²) in [5.74, 6) is -0.0526. The highest BCUT2D eigenvalue weighted by atomic mass is 16.5. The molecule has 0 rings (SSSR count). The monoisotopic (exact) mass is 216 g/mol. The number of amides is 1. The molecule has 0 aromatic heterocycles. The van der Waals surface area contributed by atoms with Gasteiger partial charge in [-0.05, 0) is 33.7 Å². The van der Waals surface area contributed by atoms with Gasteiger partial charge in [0.1, 0.15) is 6.61 Å². The third-order valence-corrected chi connectivity index (χ3v) is 1.69. The Labute approximate surface area is 92.8 Å². The van der Waals surface area contributed by atoms with E-state index in [0.29, 0.717) is 6.54 Å². The lowest BCUT2D eigenvalue weighted by Crippen LogP contribution is -2.36. The third-order valence-electron chi connectivity index (χ3n) is 1.69. The Balaban J connectivity index is 3.34. The minimum atomic E-state index is -0.252. The van der Waals surface area contributed by atoms with Crippen LogP contribution < -0.4 is 10.6 Å². The first-order chi connectivity index (χ1) is 6.95. The second-order valence-electron chi connectivity index (χ2n) is 4.50. The zero-order valence-corrected chi connectivity index (χ0v) is 10.4. The van der Waals surface area contributed by atoms with E-state index >= 15 is 0 Å². The van der Waals surface area contributed by atoms with Crippen LogP contribution in [0.1, 0.15) is 34.1 Å². The van der Waals surface area contributed by atoms with E-state index in [1.807, 2.05) is 20.8 Å². The molecule has 1 amide bonds. The highest BCUT2D eigenvalue weighted by Gasteiger charge is 2.12. The molecule has 0 saturated heterocycles. The van der Waals surface area contributed by atoms with E-state index in [0.717, 1.165) is 19.5 Å². The molecule has 0 aromatic carbocycles. The Morgan fingerprint density at radius 1 is 1.20 bits per heavy atom. The van der Waals surface area contributed by atoms with Crippen LogP contribution >= 0.6 is 0 Å². The van der Waals surface area contributed by atoms with Gasteiger partial charge in [0, 0.05) is 13.1 Å². The van der Waals surface area contributed by atoms with Crippen molar-refractivity contribution in [1.29, 1.82) is 0 Å². The summed E-state index contributed by atoms with van der Waals surface area (Å²) >= 11 is 0. The first kappa shape index (κ1) is 14.4. The van der Waals surface area contributed by atoms with Gasteiger partial charge in [-0.25, -0.2) is 0 Å². The molecule has 0 aromatic rings. The van der Waals surface area contributed by atoms with Crippen molar-refractivity contribution in [1.82, 2.24) is 10.6 Å². The third kappa shape index (κ3) is 11.3. The van der Waals surface area contributed by atoms with Crippen LogP contribution in [0.3, 0.4) is 0 Å². The van der Waals surface area contributed by atoms with E-state index in [-0.39, 0.29) is 18.1 Å². The number of carbonyl (C=O) groups is 1. The van der Waals surface area contributed by atoms with Crippen LogP contribution in [0.15, 0.2) is 0 Å². The summed E-state index contributed by atoms with van der Waals surface area (Å²) in [5, 5.41) is 5.99. The Bertz CT molecular complexity index is 176. The number of rotatable bonds is 7. The van der Waals surface area contributed by atoms with Crippen LogP contribution in [0.25, 0.3) is 0 Å². The molecule has 0 atom stereocenters. The molecule has 0 unspecified atom stereocenters. The molecular weight excluding hydrogens is 192 g/mol. The second kappa shape index (κ2) is 7.65. The second-order valence-corrected chi connectivity index (χ2v) is 4.50. The summed E-state index contributed by atoms with van der Waals surface area (Å²) < 4.78 is 5.34. The molecule has 0 spiro atoms. The fraction of sp³-hybridized carbons (Fsp3) is 0.909. The molecule has 0 heterocycles. The summed E-state index contributed by atoms with van der Waals surface area (Å²) in [7, 11) is 0. The van der Waals surface area contributed by atoms with Crippen LogP contribution in [-0.2, 0) is 9.53 Å². The minimum Gasteiger partial charge on any atom is -0.366 e. The van der Waals surface area contributed by atoms with Crippen molar-refractivity contribution >= 4 is 5.91 Å². The Hall–Kier alpha value is -0.610. The van der Waals surface area contributed by atoms with Gasteiger partial charge >= 0.3 is 0 Å².